The Morgan fingerprint density at radius 3 is 3.00 bits per heavy atom. The summed E-state index contributed by atoms with van der Waals surface area (Å²) in [6.07, 6.45) is 0.508. The largest absolute Gasteiger partial charge is 0.485 e. The molecule has 12 nitrogen and oxygen atoms in total. The van der Waals surface area contributed by atoms with Gasteiger partial charge in [-0.1, -0.05) is 23.4 Å². The van der Waals surface area contributed by atoms with Crippen LogP contribution in [-0.2, 0) is 17.8 Å². The first-order valence-corrected chi connectivity index (χ1v) is 11.7. The summed E-state index contributed by atoms with van der Waals surface area (Å²) in [7, 11) is 1.78. The Morgan fingerprint density at radius 2 is 2.22 bits per heavy atom. The lowest BCUT2D eigenvalue weighted by atomic mass is 10.0. The molecule has 2 aromatic carbocycles. The van der Waals surface area contributed by atoms with Gasteiger partial charge in [0.05, 0.1) is 24.1 Å². The number of nitrogens with zero attached hydrogens (tertiary/aromatic N) is 5. The number of oxazole rings is 1. The number of carbonyl (C=O) groups excluding carboxylic acids is 1. The molecule has 1 aliphatic rings. The number of tetrazole rings is 1. The van der Waals surface area contributed by atoms with Crippen LogP contribution in [0.2, 0.25) is 0 Å². The van der Waals surface area contributed by atoms with E-state index in [1.807, 2.05) is 24.3 Å². The van der Waals surface area contributed by atoms with E-state index in [4.69, 9.17) is 9.15 Å². The third-order valence-electron chi connectivity index (χ3n) is 6.38. The summed E-state index contributed by atoms with van der Waals surface area (Å²) < 4.78 is 10.9. The van der Waals surface area contributed by atoms with Crippen molar-refractivity contribution < 1.29 is 19.1 Å². The second-order valence-corrected chi connectivity index (χ2v) is 8.93. The first-order chi connectivity index (χ1) is 17.4. The number of fused-ring (bicyclic) bond motifs is 1. The number of carbonyl (C=O) groups is 1. The zero-order valence-corrected chi connectivity index (χ0v) is 19.8. The molecule has 3 N–H and O–H groups in total. The summed E-state index contributed by atoms with van der Waals surface area (Å²) in [6.45, 7) is 2.06. The fraction of sp³-hybridized carbons (Fsp3) is 0.375. The Kier molecular flexibility index (Phi) is 6.78. The summed E-state index contributed by atoms with van der Waals surface area (Å²) in [4.78, 5) is 31.4. The number of ether oxygens (including phenoxy) is 1. The number of aromatic nitrogens is 5. The van der Waals surface area contributed by atoms with Gasteiger partial charge in [0.25, 0.3) is 0 Å². The van der Waals surface area contributed by atoms with Crippen LogP contribution in [0.15, 0.2) is 51.7 Å². The molecule has 1 unspecified atom stereocenters. The highest BCUT2D eigenvalue weighted by Gasteiger charge is 2.28. The normalized spacial score (nSPS) is 16.9. The van der Waals surface area contributed by atoms with Gasteiger partial charge in [-0.15, -0.1) is 10.2 Å². The number of hydrogen-bond acceptors (Lipinski definition) is 9. The monoisotopic (exact) mass is 493 g/mol. The molecule has 5 rings (SSSR count). The van der Waals surface area contributed by atoms with Gasteiger partial charge >= 0.3 is 5.76 Å². The minimum atomic E-state index is -0.528. The molecule has 1 aliphatic heterocycles. The van der Waals surface area contributed by atoms with Gasteiger partial charge < -0.3 is 19.2 Å². The summed E-state index contributed by atoms with van der Waals surface area (Å²) >= 11 is 0. The average molecular weight is 494 g/mol. The van der Waals surface area contributed by atoms with Crippen molar-refractivity contribution in [3.63, 3.8) is 0 Å². The van der Waals surface area contributed by atoms with Crippen molar-refractivity contribution in [2.75, 3.05) is 26.7 Å². The lowest BCUT2D eigenvalue weighted by Gasteiger charge is -2.32. The first-order valence-electron chi connectivity index (χ1n) is 11.7. The summed E-state index contributed by atoms with van der Waals surface area (Å²) in [6, 6.07) is 12.5. The highest BCUT2D eigenvalue weighted by atomic mass is 16.5. The maximum atomic E-state index is 13.4. The third kappa shape index (κ3) is 5.44. The Hall–Kier alpha value is -4.03. The van der Waals surface area contributed by atoms with Crippen LogP contribution in [0.25, 0.3) is 11.1 Å². The molecule has 188 valence electrons. The topological polar surface area (TPSA) is 153 Å². The van der Waals surface area contributed by atoms with E-state index in [2.05, 4.69) is 30.5 Å². The van der Waals surface area contributed by atoms with Gasteiger partial charge in [0.1, 0.15) is 5.75 Å². The van der Waals surface area contributed by atoms with E-state index in [1.54, 1.807) is 30.1 Å². The Balaban J connectivity index is 1.35. The van der Waals surface area contributed by atoms with E-state index in [0.29, 0.717) is 42.2 Å². The SMILES string of the molecule is CN(C(=O)Cc1ccc2oc(=O)[nH]c2c1)[C@@H](CN1CCC(O)C1)c1cccc(OCc2nn[nH]n2)c1. The van der Waals surface area contributed by atoms with E-state index in [1.165, 1.54) is 0 Å². The molecule has 0 saturated carbocycles. The fourth-order valence-electron chi connectivity index (χ4n) is 4.46. The van der Waals surface area contributed by atoms with Crippen LogP contribution in [0, 0.1) is 0 Å². The number of likely N-dealkylation sites (N-methyl/N-ethyl adjacent to an activating group) is 1. The molecular formula is C24H27N7O5. The smallest absolute Gasteiger partial charge is 0.417 e. The number of H-pyrrole nitrogens is 2. The summed E-state index contributed by atoms with van der Waals surface area (Å²) in [5, 5.41) is 23.7. The molecule has 0 radical (unpaired) electrons. The van der Waals surface area contributed by atoms with Crippen LogP contribution >= 0.6 is 0 Å². The molecule has 2 aromatic heterocycles. The van der Waals surface area contributed by atoms with E-state index < -0.39 is 5.76 Å². The molecule has 1 saturated heterocycles. The van der Waals surface area contributed by atoms with Crippen molar-refractivity contribution in [2.45, 2.75) is 31.6 Å². The maximum Gasteiger partial charge on any atom is 0.417 e. The molecule has 3 heterocycles. The van der Waals surface area contributed by atoms with Crippen molar-refractivity contribution in [1.29, 1.82) is 0 Å². The van der Waals surface area contributed by atoms with Crippen LogP contribution in [-0.4, -0.2) is 79.2 Å². The third-order valence-corrected chi connectivity index (χ3v) is 6.38. The van der Waals surface area contributed by atoms with Crippen molar-refractivity contribution in [3.05, 3.63) is 70.0 Å². The molecule has 2 atom stereocenters. The molecule has 0 spiro atoms. The van der Waals surface area contributed by atoms with Gasteiger partial charge in [-0.2, -0.15) is 5.21 Å². The standard InChI is InChI=1S/C24H27N7O5/c1-30(23(33)10-15-5-6-21-19(9-15)25-24(34)36-21)20(13-31-8-7-17(32)12-31)16-3-2-4-18(11-16)35-14-22-26-28-29-27-22/h2-6,9,11,17,20,32H,7-8,10,12-14H2,1H3,(H,25,34)(H,26,27,28,29)/t17?,20-/m0/s1. The highest BCUT2D eigenvalue weighted by molar-refractivity contribution is 5.81. The van der Waals surface area contributed by atoms with E-state index in [0.717, 1.165) is 17.7 Å². The van der Waals surface area contributed by atoms with Gasteiger partial charge in [0.15, 0.2) is 12.2 Å². The number of aliphatic hydroxyl groups is 1. The number of aromatic amines is 2. The highest BCUT2D eigenvalue weighted by Crippen LogP contribution is 2.27. The summed E-state index contributed by atoms with van der Waals surface area (Å²) in [5.74, 6) is 0.452. The van der Waals surface area contributed by atoms with Gasteiger partial charge in [-0.05, 0) is 41.8 Å². The Bertz CT molecular complexity index is 1380. The zero-order chi connectivity index (χ0) is 25.1. The second-order valence-electron chi connectivity index (χ2n) is 8.93. The number of benzene rings is 2. The van der Waals surface area contributed by atoms with Crippen LogP contribution in [0.3, 0.4) is 0 Å². The predicted octanol–water partition coefficient (Wildman–Crippen LogP) is 1.02. The number of rotatable bonds is 9. The molecule has 0 aliphatic carbocycles. The fourth-order valence-corrected chi connectivity index (χ4v) is 4.46. The second kappa shape index (κ2) is 10.3. The van der Waals surface area contributed by atoms with Gasteiger partial charge in [0.2, 0.25) is 11.7 Å². The van der Waals surface area contributed by atoms with Crippen LogP contribution in [0.5, 0.6) is 5.75 Å². The minimum Gasteiger partial charge on any atom is -0.485 e. The van der Waals surface area contributed by atoms with Crippen LogP contribution in [0.1, 0.15) is 29.4 Å². The van der Waals surface area contributed by atoms with Crippen molar-refractivity contribution in [2.24, 2.45) is 0 Å². The number of nitrogens with one attached hydrogen (secondary N) is 2. The molecule has 12 heteroatoms. The Morgan fingerprint density at radius 1 is 1.33 bits per heavy atom. The van der Waals surface area contributed by atoms with Crippen LogP contribution < -0.4 is 10.5 Å². The van der Waals surface area contributed by atoms with E-state index >= 15 is 0 Å². The number of hydrogen-bond donors (Lipinski definition) is 3. The molecular weight excluding hydrogens is 466 g/mol. The minimum absolute atomic E-state index is 0.0805. The van der Waals surface area contributed by atoms with Crippen molar-refractivity contribution in [3.8, 4) is 5.75 Å². The maximum absolute atomic E-state index is 13.4. The van der Waals surface area contributed by atoms with E-state index in [-0.39, 0.29) is 31.1 Å². The molecule has 0 bridgehead atoms. The van der Waals surface area contributed by atoms with Crippen molar-refractivity contribution >= 4 is 17.0 Å². The number of likely N-dealkylation sites (tertiary alicyclic amines) is 1. The van der Waals surface area contributed by atoms with Crippen LogP contribution in [0.4, 0.5) is 0 Å². The number of aliphatic hydroxyl groups excluding tert-OH is 1. The number of amides is 1. The van der Waals surface area contributed by atoms with Gasteiger partial charge in [-0.25, -0.2) is 4.79 Å². The zero-order valence-electron chi connectivity index (χ0n) is 19.8. The van der Waals surface area contributed by atoms with Gasteiger partial charge in [0, 0.05) is 26.7 Å². The quantitative estimate of drug-likeness (QED) is 0.310. The van der Waals surface area contributed by atoms with Crippen molar-refractivity contribution in [1.82, 2.24) is 35.4 Å². The number of β-amino-alcohol motifs (C(OH)–C–C–N with tert-alkyl or cyclic N) is 1. The summed E-state index contributed by atoms with van der Waals surface area (Å²) in [5.41, 5.74) is 2.69. The average Bonchev–Trinajstić information content (AvgIpc) is 3.61. The molecule has 1 amide bonds. The van der Waals surface area contributed by atoms with Gasteiger partial charge in [-0.3, -0.25) is 14.7 Å². The first kappa shape index (κ1) is 23.7. The molecule has 1 fully saturated rings. The molecule has 36 heavy (non-hydrogen) atoms. The predicted molar refractivity (Wildman–Crippen MR) is 128 cm³/mol. The Labute approximate surface area is 205 Å². The lowest BCUT2D eigenvalue weighted by Crippen LogP contribution is -2.39. The molecule has 4 aromatic rings. The lowest BCUT2D eigenvalue weighted by molar-refractivity contribution is -0.131. The van der Waals surface area contributed by atoms with E-state index in [9.17, 15) is 14.7 Å².